The first-order valence-corrected chi connectivity index (χ1v) is 8.37. The molecule has 15 heavy (non-hydrogen) atoms. The predicted molar refractivity (Wildman–Crippen MR) is 69.4 cm³/mol. The van der Waals surface area contributed by atoms with Crippen molar-refractivity contribution < 1.29 is 0 Å². The number of hydrogen-bond acceptors (Lipinski definition) is 3. The molecule has 1 rings (SSSR count). The highest BCUT2D eigenvalue weighted by Crippen LogP contribution is 2.22. The van der Waals surface area contributed by atoms with E-state index in [1.54, 1.807) is 0 Å². The molecule has 0 spiro atoms. The lowest BCUT2D eigenvalue weighted by atomic mass is 9.94. The Morgan fingerprint density at radius 2 is 1.73 bits per heavy atom. The molecule has 4 heteroatoms. The molecule has 0 aromatic heterocycles. The molecule has 0 aromatic rings. The fourth-order valence-electron chi connectivity index (χ4n) is 2.54. The molecule has 90 valence electrons. The molecule has 1 aliphatic rings. The van der Waals surface area contributed by atoms with Crippen molar-refractivity contribution in [2.24, 2.45) is 0 Å². The lowest BCUT2D eigenvalue weighted by Crippen LogP contribution is -2.54. The molecule has 0 saturated heterocycles. The molecule has 1 aliphatic carbocycles. The first kappa shape index (κ1) is 13.2. The largest absolute Gasteiger partial charge is 0.330 e. The van der Waals surface area contributed by atoms with Crippen LogP contribution in [0.5, 0.6) is 0 Å². The van der Waals surface area contributed by atoms with E-state index in [1.165, 1.54) is 44.8 Å². The molecule has 0 aromatic carbocycles. The molecule has 3 nitrogen and oxygen atoms in total. The van der Waals surface area contributed by atoms with E-state index in [0.29, 0.717) is 0 Å². The zero-order chi connectivity index (χ0) is 11.1. The van der Waals surface area contributed by atoms with E-state index in [4.69, 9.17) is 0 Å². The minimum Gasteiger partial charge on any atom is -0.330 e. The molecule has 0 radical (unpaired) electrons. The van der Waals surface area contributed by atoms with Gasteiger partial charge in [-0.15, -0.1) is 0 Å². The van der Waals surface area contributed by atoms with Gasteiger partial charge in [-0.1, -0.05) is 26.2 Å². The highest BCUT2D eigenvalue weighted by atomic mass is 28.3. The summed E-state index contributed by atoms with van der Waals surface area (Å²) in [4.78, 5) is 9.57. The van der Waals surface area contributed by atoms with E-state index >= 15 is 0 Å². The molecule has 0 unspecified atom stereocenters. The smallest absolute Gasteiger partial charge is 0.198 e. The van der Waals surface area contributed by atoms with E-state index < -0.39 is 9.12 Å². The third kappa shape index (κ3) is 4.22. The molecule has 2 N–H and O–H groups in total. The van der Waals surface area contributed by atoms with Gasteiger partial charge >= 0.3 is 0 Å². The van der Waals surface area contributed by atoms with Crippen LogP contribution in [0.2, 0.25) is 0 Å². The monoisotopic (exact) mass is 229 g/mol. The van der Waals surface area contributed by atoms with Gasteiger partial charge in [-0.3, -0.25) is 0 Å². The summed E-state index contributed by atoms with van der Waals surface area (Å²) in [5, 5.41) is 0. The van der Waals surface area contributed by atoms with Crippen LogP contribution in [-0.4, -0.2) is 46.9 Å². The zero-order valence-electron chi connectivity index (χ0n) is 10.6. The van der Waals surface area contributed by atoms with Crippen molar-refractivity contribution in [3.63, 3.8) is 0 Å². The van der Waals surface area contributed by atoms with Gasteiger partial charge in [0.2, 0.25) is 0 Å². The number of nitrogens with one attached hydrogen (secondary N) is 2. The van der Waals surface area contributed by atoms with Crippen molar-refractivity contribution in [2.45, 2.75) is 45.1 Å². The van der Waals surface area contributed by atoms with E-state index in [2.05, 4.69) is 35.9 Å². The average molecular weight is 229 g/mol. The fraction of sp³-hybridized carbons (Fsp3) is 1.00. The van der Waals surface area contributed by atoms with Crippen molar-refractivity contribution in [3.8, 4) is 0 Å². The van der Waals surface area contributed by atoms with Crippen LogP contribution < -0.4 is 9.96 Å². The molecule has 0 aliphatic heterocycles. The summed E-state index contributed by atoms with van der Waals surface area (Å²) in [5.41, 5.74) is 0. The Labute approximate surface area is 96.4 Å². The van der Waals surface area contributed by atoms with E-state index in [0.717, 1.165) is 6.04 Å². The molecule has 0 heterocycles. The lowest BCUT2D eigenvalue weighted by molar-refractivity contribution is 0.186. The van der Waals surface area contributed by atoms with Gasteiger partial charge in [0, 0.05) is 12.2 Å². The van der Waals surface area contributed by atoms with Crippen molar-refractivity contribution >= 4 is 9.12 Å². The van der Waals surface area contributed by atoms with Gasteiger partial charge in [-0.2, -0.15) is 0 Å². The molecule has 0 atom stereocenters. The predicted octanol–water partition coefficient (Wildman–Crippen LogP) is 0.839. The van der Waals surface area contributed by atoms with Gasteiger partial charge in [-0.05, 0) is 33.5 Å². The van der Waals surface area contributed by atoms with Crippen molar-refractivity contribution in [2.75, 3.05) is 26.8 Å². The van der Waals surface area contributed by atoms with Gasteiger partial charge in [0.1, 0.15) is 0 Å². The van der Waals surface area contributed by atoms with Crippen LogP contribution in [0.1, 0.15) is 39.0 Å². The molecule has 1 saturated carbocycles. The van der Waals surface area contributed by atoms with Crippen LogP contribution in [0.15, 0.2) is 0 Å². The summed E-state index contributed by atoms with van der Waals surface area (Å²) in [6.07, 6.45) is 8.42. The maximum Gasteiger partial charge on any atom is 0.198 e. The second-order valence-electron chi connectivity index (χ2n) is 4.51. The van der Waals surface area contributed by atoms with E-state index in [-0.39, 0.29) is 0 Å². The fourth-order valence-corrected chi connectivity index (χ4v) is 4.22. The van der Waals surface area contributed by atoms with E-state index in [9.17, 15) is 0 Å². The number of hydrogen-bond donors (Lipinski definition) is 2. The molecule has 0 amide bonds. The highest BCUT2D eigenvalue weighted by molar-refractivity contribution is 6.53. The van der Waals surface area contributed by atoms with Crippen molar-refractivity contribution in [1.29, 1.82) is 0 Å². The standard InChI is InChI=1S/C11H27N3Si/c1-4-14(10-15(12-2)13-3)11-8-6-5-7-9-11/h11-13,15H,4-10H2,1-3H3. The van der Waals surface area contributed by atoms with Crippen LogP contribution in [-0.2, 0) is 0 Å². The highest BCUT2D eigenvalue weighted by Gasteiger charge is 2.22. The topological polar surface area (TPSA) is 27.3 Å². The van der Waals surface area contributed by atoms with Gasteiger partial charge < -0.3 is 14.9 Å². The van der Waals surface area contributed by atoms with Gasteiger partial charge in [0.05, 0.1) is 0 Å². The number of nitrogens with zero attached hydrogens (tertiary/aromatic N) is 1. The maximum absolute atomic E-state index is 3.44. The molecular weight excluding hydrogens is 202 g/mol. The Hall–Kier alpha value is 0.0969. The van der Waals surface area contributed by atoms with Gasteiger partial charge in [-0.25, -0.2) is 0 Å². The minimum atomic E-state index is -0.913. The average Bonchev–Trinajstić information content (AvgIpc) is 2.32. The first-order chi connectivity index (χ1) is 7.31. The summed E-state index contributed by atoms with van der Waals surface area (Å²) < 4.78 is 0. The van der Waals surface area contributed by atoms with E-state index in [1.807, 2.05) is 0 Å². The Morgan fingerprint density at radius 1 is 1.13 bits per heavy atom. The summed E-state index contributed by atoms with van der Waals surface area (Å²) in [5.74, 6) is 0. The Kier molecular flexibility index (Phi) is 6.48. The minimum absolute atomic E-state index is 0.862. The second kappa shape index (κ2) is 7.38. The first-order valence-electron chi connectivity index (χ1n) is 6.40. The maximum atomic E-state index is 3.44. The van der Waals surface area contributed by atoms with Crippen LogP contribution in [0.25, 0.3) is 0 Å². The Balaban J connectivity index is 2.38. The van der Waals surface area contributed by atoms with Crippen molar-refractivity contribution in [1.82, 2.24) is 14.9 Å². The van der Waals surface area contributed by atoms with Crippen molar-refractivity contribution in [3.05, 3.63) is 0 Å². The third-order valence-electron chi connectivity index (χ3n) is 3.61. The molecule has 0 bridgehead atoms. The van der Waals surface area contributed by atoms with Gasteiger partial charge in [0.15, 0.2) is 9.12 Å². The number of rotatable bonds is 6. The van der Waals surface area contributed by atoms with Crippen LogP contribution in [0.3, 0.4) is 0 Å². The van der Waals surface area contributed by atoms with Crippen LogP contribution >= 0.6 is 0 Å². The summed E-state index contributed by atoms with van der Waals surface area (Å²) in [7, 11) is 3.26. The van der Waals surface area contributed by atoms with Crippen LogP contribution in [0, 0.1) is 0 Å². The van der Waals surface area contributed by atoms with Gasteiger partial charge in [0.25, 0.3) is 0 Å². The lowest BCUT2D eigenvalue weighted by Gasteiger charge is -2.35. The molecular formula is C11H27N3Si. The quantitative estimate of drug-likeness (QED) is 0.661. The SMILES string of the molecule is CCN(C[SiH](NC)NC)C1CCCCC1. The third-order valence-corrected chi connectivity index (χ3v) is 5.84. The Bertz CT molecular complexity index is 156. The normalized spacial score (nSPS) is 19.0. The zero-order valence-corrected chi connectivity index (χ0v) is 11.7. The second-order valence-corrected chi connectivity index (χ2v) is 7.13. The summed E-state index contributed by atoms with van der Waals surface area (Å²) >= 11 is 0. The van der Waals surface area contributed by atoms with Crippen LogP contribution in [0.4, 0.5) is 0 Å². The summed E-state index contributed by atoms with van der Waals surface area (Å²) in [6, 6.07) is 0.862. The summed E-state index contributed by atoms with van der Waals surface area (Å²) in [6.45, 7) is 3.50. The Morgan fingerprint density at radius 3 is 2.20 bits per heavy atom. The molecule has 1 fully saturated rings.